The lowest BCUT2D eigenvalue weighted by atomic mass is 10.1. The highest BCUT2D eigenvalue weighted by Crippen LogP contribution is 2.22. The van der Waals surface area contributed by atoms with E-state index in [1.165, 1.54) is 16.1 Å². The molecule has 3 rings (SSSR count). The summed E-state index contributed by atoms with van der Waals surface area (Å²) in [4.78, 5) is 14.9. The lowest BCUT2D eigenvalue weighted by Crippen LogP contribution is -2.58. The zero-order valence-electron chi connectivity index (χ0n) is 12.7. The molecular weight excluding hydrogens is 280 g/mol. The zero-order valence-corrected chi connectivity index (χ0v) is 13.5. The number of aromatic nitrogens is 2. The molecule has 5 heteroatoms. The van der Waals surface area contributed by atoms with Crippen LogP contribution >= 0.6 is 11.3 Å². The Morgan fingerprint density at radius 1 is 1.33 bits per heavy atom. The first-order valence-corrected chi connectivity index (χ1v) is 8.38. The lowest BCUT2D eigenvalue weighted by Gasteiger charge is -2.45. The Hall–Kier alpha value is -1.30. The highest BCUT2D eigenvalue weighted by Gasteiger charge is 2.31. The standard InChI is InChI=1S/C16H22N4S/c1-3-20(8-14-4-6-17-7-5-14)15-9-19(10-15)11-16-13(2)18-12-21-16/h4-7,12,15H,3,8-11H2,1-2H3. The summed E-state index contributed by atoms with van der Waals surface area (Å²) in [5.74, 6) is 0. The van der Waals surface area contributed by atoms with Gasteiger partial charge in [-0.3, -0.25) is 14.8 Å². The van der Waals surface area contributed by atoms with Crippen LogP contribution in [0.1, 0.15) is 23.1 Å². The Balaban J connectivity index is 1.51. The first kappa shape index (κ1) is 14.6. The van der Waals surface area contributed by atoms with Gasteiger partial charge in [0.1, 0.15) is 0 Å². The van der Waals surface area contributed by atoms with Gasteiger partial charge in [0, 0.05) is 49.5 Å². The van der Waals surface area contributed by atoms with Gasteiger partial charge in [0.2, 0.25) is 0 Å². The fraction of sp³-hybridized carbons (Fsp3) is 0.500. The van der Waals surface area contributed by atoms with Crippen LogP contribution in [-0.4, -0.2) is 45.4 Å². The molecule has 0 radical (unpaired) electrons. The van der Waals surface area contributed by atoms with E-state index in [4.69, 9.17) is 0 Å². The van der Waals surface area contributed by atoms with Crippen molar-refractivity contribution in [2.75, 3.05) is 19.6 Å². The Morgan fingerprint density at radius 3 is 2.71 bits per heavy atom. The van der Waals surface area contributed by atoms with Crippen molar-refractivity contribution in [2.45, 2.75) is 33.0 Å². The van der Waals surface area contributed by atoms with E-state index in [-0.39, 0.29) is 0 Å². The number of hydrogen-bond acceptors (Lipinski definition) is 5. The van der Waals surface area contributed by atoms with Crippen molar-refractivity contribution in [3.63, 3.8) is 0 Å². The van der Waals surface area contributed by atoms with Crippen molar-refractivity contribution in [1.82, 2.24) is 19.8 Å². The predicted molar refractivity (Wildman–Crippen MR) is 86.2 cm³/mol. The third-order valence-corrected chi connectivity index (χ3v) is 5.13. The van der Waals surface area contributed by atoms with E-state index in [9.17, 15) is 0 Å². The highest BCUT2D eigenvalue weighted by molar-refractivity contribution is 7.09. The fourth-order valence-corrected chi connectivity index (χ4v) is 3.62. The van der Waals surface area contributed by atoms with Crippen LogP contribution < -0.4 is 0 Å². The van der Waals surface area contributed by atoms with Crippen LogP contribution in [0.25, 0.3) is 0 Å². The summed E-state index contributed by atoms with van der Waals surface area (Å²) in [7, 11) is 0. The van der Waals surface area contributed by atoms with Crippen molar-refractivity contribution < 1.29 is 0 Å². The van der Waals surface area contributed by atoms with Crippen molar-refractivity contribution in [2.24, 2.45) is 0 Å². The molecule has 0 atom stereocenters. The summed E-state index contributed by atoms with van der Waals surface area (Å²) in [6.45, 7) is 9.85. The van der Waals surface area contributed by atoms with Crippen molar-refractivity contribution in [3.05, 3.63) is 46.2 Å². The Bertz CT molecular complexity index is 563. The first-order chi connectivity index (χ1) is 10.3. The molecule has 112 valence electrons. The zero-order chi connectivity index (χ0) is 14.7. The van der Waals surface area contributed by atoms with Gasteiger partial charge >= 0.3 is 0 Å². The molecule has 0 aromatic carbocycles. The number of aryl methyl sites for hydroxylation is 1. The maximum absolute atomic E-state index is 4.33. The van der Waals surface area contributed by atoms with Gasteiger partial charge < -0.3 is 0 Å². The number of pyridine rings is 1. The molecule has 0 bridgehead atoms. The first-order valence-electron chi connectivity index (χ1n) is 7.50. The van der Waals surface area contributed by atoms with Gasteiger partial charge in [-0.2, -0.15) is 0 Å². The van der Waals surface area contributed by atoms with Crippen LogP contribution in [0.4, 0.5) is 0 Å². The molecule has 0 N–H and O–H groups in total. The minimum absolute atomic E-state index is 0.677. The SMILES string of the molecule is CCN(Cc1ccncc1)C1CN(Cc2scnc2C)C1. The quantitative estimate of drug-likeness (QED) is 0.821. The topological polar surface area (TPSA) is 32.3 Å². The number of likely N-dealkylation sites (tertiary alicyclic amines) is 1. The van der Waals surface area contributed by atoms with Gasteiger partial charge in [-0.25, -0.2) is 4.98 Å². The molecule has 1 aliphatic rings. The molecule has 0 aliphatic carbocycles. The molecule has 0 spiro atoms. The highest BCUT2D eigenvalue weighted by atomic mass is 32.1. The smallest absolute Gasteiger partial charge is 0.0798 e. The summed E-state index contributed by atoms with van der Waals surface area (Å²) >= 11 is 1.77. The summed E-state index contributed by atoms with van der Waals surface area (Å²) in [5, 5.41) is 0. The molecule has 0 amide bonds. The molecule has 0 unspecified atom stereocenters. The fourth-order valence-electron chi connectivity index (χ4n) is 2.81. The minimum atomic E-state index is 0.677. The number of likely N-dealkylation sites (N-methyl/N-ethyl adjacent to an activating group) is 1. The number of thiazole rings is 1. The second-order valence-corrected chi connectivity index (χ2v) is 6.57. The summed E-state index contributed by atoms with van der Waals surface area (Å²) in [5.41, 5.74) is 4.49. The van der Waals surface area contributed by atoms with Crippen LogP contribution in [0.5, 0.6) is 0 Å². The molecule has 1 saturated heterocycles. The average molecular weight is 302 g/mol. The molecule has 2 aromatic heterocycles. The predicted octanol–water partition coefficient (Wildman–Crippen LogP) is 2.55. The number of rotatable bonds is 6. The van der Waals surface area contributed by atoms with Gasteiger partial charge in [-0.1, -0.05) is 6.92 Å². The lowest BCUT2D eigenvalue weighted by molar-refractivity contribution is 0.0273. The summed E-state index contributed by atoms with van der Waals surface area (Å²) < 4.78 is 0. The van der Waals surface area contributed by atoms with E-state index in [0.717, 1.165) is 32.7 Å². The van der Waals surface area contributed by atoms with Gasteiger partial charge in [-0.05, 0) is 31.2 Å². The summed E-state index contributed by atoms with van der Waals surface area (Å²) in [6.07, 6.45) is 3.76. The van der Waals surface area contributed by atoms with Crippen LogP contribution in [0, 0.1) is 6.92 Å². The molecular formula is C16H22N4S. The summed E-state index contributed by atoms with van der Waals surface area (Å²) in [6, 6.07) is 4.90. The second-order valence-electron chi connectivity index (χ2n) is 5.63. The minimum Gasteiger partial charge on any atom is -0.295 e. The van der Waals surface area contributed by atoms with Crippen LogP contribution in [0.3, 0.4) is 0 Å². The molecule has 4 nitrogen and oxygen atoms in total. The molecule has 21 heavy (non-hydrogen) atoms. The van der Waals surface area contributed by atoms with Crippen LogP contribution in [0.2, 0.25) is 0 Å². The average Bonchev–Trinajstić information content (AvgIpc) is 2.87. The van der Waals surface area contributed by atoms with E-state index in [0.29, 0.717) is 6.04 Å². The van der Waals surface area contributed by atoms with Gasteiger partial charge in [0.05, 0.1) is 11.2 Å². The Kier molecular flexibility index (Phi) is 4.63. The monoisotopic (exact) mass is 302 g/mol. The Labute approximate surface area is 130 Å². The third kappa shape index (κ3) is 3.48. The largest absolute Gasteiger partial charge is 0.295 e. The third-order valence-electron chi connectivity index (χ3n) is 4.21. The molecule has 2 aromatic rings. The van der Waals surface area contributed by atoms with Crippen LogP contribution in [0.15, 0.2) is 30.0 Å². The van der Waals surface area contributed by atoms with Gasteiger partial charge in [0.25, 0.3) is 0 Å². The number of nitrogens with zero attached hydrogens (tertiary/aromatic N) is 4. The van der Waals surface area contributed by atoms with Crippen LogP contribution in [-0.2, 0) is 13.1 Å². The molecule has 1 aliphatic heterocycles. The van der Waals surface area contributed by atoms with Gasteiger partial charge in [0.15, 0.2) is 0 Å². The normalized spacial score (nSPS) is 16.3. The number of hydrogen-bond donors (Lipinski definition) is 0. The molecule has 0 saturated carbocycles. The van der Waals surface area contributed by atoms with E-state index in [2.05, 4.69) is 45.7 Å². The van der Waals surface area contributed by atoms with Crippen molar-refractivity contribution >= 4 is 11.3 Å². The van der Waals surface area contributed by atoms with Crippen molar-refractivity contribution in [1.29, 1.82) is 0 Å². The van der Waals surface area contributed by atoms with E-state index in [1.807, 2.05) is 17.9 Å². The van der Waals surface area contributed by atoms with E-state index >= 15 is 0 Å². The molecule has 3 heterocycles. The van der Waals surface area contributed by atoms with E-state index < -0.39 is 0 Å². The van der Waals surface area contributed by atoms with Gasteiger partial charge in [-0.15, -0.1) is 11.3 Å². The van der Waals surface area contributed by atoms with Crippen molar-refractivity contribution in [3.8, 4) is 0 Å². The Morgan fingerprint density at radius 2 is 2.10 bits per heavy atom. The second kappa shape index (κ2) is 6.64. The maximum Gasteiger partial charge on any atom is 0.0798 e. The van der Waals surface area contributed by atoms with E-state index in [1.54, 1.807) is 11.3 Å². The molecule has 1 fully saturated rings. The maximum atomic E-state index is 4.33.